The van der Waals surface area contributed by atoms with Gasteiger partial charge in [0.05, 0.1) is 22.9 Å². The van der Waals surface area contributed by atoms with Gasteiger partial charge < -0.3 is 4.84 Å². The van der Waals surface area contributed by atoms with Gasteiger partial charge in [-0.1, -0.05) is 23.7 Å². The molecule has 0 saturated heterocycles. The first-order valence-corrected chi connectivity index (χ1v) is 6.86. The van der Waals surface area contributed by atoms with E-state index in [0.29, 0.717) is 5.71 Å². The first-order chi connectivity index (χ1) is 10.0. The molecule has 2 atom stereocenters. The Morgan fingerprint density at radius 2 is 2.00 bits per heavy atom. The van der Waals surface area contributed by atoms with E-state index >= 15 is 0 Å². The molecule has 110 valence electrons. The molecular formula is C15H13F3N2O. The number of nitrogens with zero attached hydrogens (tertiary/aromatic N) is 2. The number of nitriles is 1. The van der Waals surface area contributed by atoms with Gasteiger partial charge in [-0.25, -0.2) is 0 Å². The number of halogens is 3. The molecule has 0 N–H and O–H groups in total. The molecule has 1 saturated carbocycles. The third kappa shape index (κ3) is 2.37. The summed E-state index contributed by atoms with van der Waals surface area (Å²) in [5.74, 6) is -0.103. The zero-order valence-corrected chi connectivity index (χ0v) is 11.2. The van der Waals surface area contributed by atoms with Crippen LogP contribution in [0.2, 0.25) is 0 Å². The molecule has 0 aromatic heterocycles. The molecule has 0 bridgehead atoms. The van der Waals surface area contributed by atoms with E-state index in [4.69, 9.17) is 10.1 Å². The third-order valence-corrected chi connectivity index (χ3v) is 4.08. The highest BCUT2D eigenvalue weighted by atomic mass is 19.4. The average Bonchev–Trinajstić information content (AvgIpc) is 2.89. The van der Waals surface area contributed by atoms with Crippen LogP contribution >= 0.6 is 0 Å². The predicted octanol–water partition coefficient (Wildman–Crippen LogP) is 3.87. The predicted molar refractivity (Wildman–Crippen MR) is 69.5 cm³/mol. The Bertz CT molecular complexity index is 631. The first kappa shape index (κ1) is 13.9. The summed E-state index contributed by atoms with van der Waals surface area (Å²) in [6.45, 7) is 0. The van der Waals surface area contributed by atoms with Crippen LogP contribution in [-0.2, 0) is 11.0 Å². The van der Waals surface area contributed by atoms with E-state index in [-0.39, 0.29) is 23.1 Å². The number of hydrogen-bond acceptors (Lipinski definition) is 3. The van der Waals surface area contributed by atoms with E-state index in [1.807, 2.05) is 0 Å². The maximum Gasteiger partial charge on any atom is 0.418 e. The van der Waals surface area contributed by atoms with Gasteiger partial charge in [-0.05, 0) is 25.3 Å². The number of rotatable bonds is 1. The minimum absolute atomic E-state index is 0.0176. The summed E-state index contributed by atoms with van der Waals surface area (Å²) < 4.78 is 40.0. The van der Waals surface area contributed by atoms with Gasteiger partial charge in [0.15, 0.2) is 0 Å². The molecule has 3 rings (SSSR count). The molecule has 0 amide bonds. The number of hydrogen-bond donors (Lipinski definition) is 0. The van der Waals surface area contributed by atoms with Crippen LogP contribution in [0.4, 0.5) is 13.2 Å². The average molecular weight is 294 g/mol. The Hall–Kier alpha value is -2.03. The third-order valence-electron chi connectivity index (χ3n) is 4.08. The molecule has 3 nitrogen and oxygen atoms in total. The highest BCUT2D eigenvalue weighted by Gasteiger charge is 2.42. The maximum absolute atomic E-state index is 13.3. The highest BCUT2D eigenvalue weighted by Crippen LogP contribution is 2.40. The number of alkyl halides is 3. The van der Waals surface area contributed by atoms with E-state index in [2.05, 4.69) is 5.16 Å². The quantitative estimate of drug-likeness (QED) is 0.789. The molecule has 21 heavy (non-hydrogen) atoms. The second-order valence-electron chi connectivity index (χ2n) is 5.35. The monoisotopic (exact) mass is 294 g/mol. The van der Waals surface area contributed by atoms with E-state index < -0.39 is 11.7 Å². The van der Waals surface area contributed by atoms with Gasteiger partial charge in [-0.2, -0.15) is 18.4 Å². The summed E-state index contributed by atoms with van der Waals surface area (Å²) in [5.41, 5.74) is -0.955. The van der Waals surface area contributed by atoms with Gasteiger partial charge in [0.1, 0.15) is 6.10 Å². The Balaban J connectivity index is 2.09. The summed E-state index contributed by atoms with van der Waals surface area (Å²) >= 11 is 0. The van der Waals surface area contributed by atoms with Crippen molar-refractivity contribution >= 4 is 5.71 Å². The van der Waals surface area contributed by atoms with Crippen molar-refractivity contribution in [3.63, 3.8) is 0 Å². The largest absolute Gasteiger partial charge is 0.418 e. The van der Waals surface area contributed by atoms with Crippen molar-refractivity contribution in [3.05, 3.63) is 34.9 Å². The SMILES string of the molecule is N#Cc1cccc(C2=NO[C@H]3CCCC[C@@H]23)c1C(F)(F)F. The molecule has 0 radical (unpaired) electrons. The fourth-order valence-corrected chi connectivity index (χ4v) is 3.14. The minimum atomic E-state index is -4.59. The Kier molecular flexibility index (Phi) is 3.36. The first-order valence-electron chi connectivity index (χ1n) is 6.86. The normalized spacial score (nSPS) is 24.8. The summed E-state index contributed by atoms with van der Waals surface area (Å²) in [7, 11) is 0. The Labute approximate surface area is 120 Å². The Morgan fingerprint density at radius 1 is 1.24 bits per heavy atom. The summed E-state index contributed by atoms with van der Waals surface area (Å²) in [4.78, 5) is 5.30. The lowest BCUT2D eigenvalue weighted by Gasteiger charge is -2.24. The summed E-state index contributed by atoms with van der Waals surface area (Å²) in [5, 5.41) is 12.9. The van der Waals surface area contributed by atoms with Crippen LogP contribution < -0.4 is 0 Å². The van der Waals surface area contributed by atoms with Gasteiger partial charge in [0.25, 0.3) is 0 Å². The highest BCUT2D eigenvalue weighted by molar-refractivity contribution is 6.04. The van der Waals surface area contributed by atoms with E-state index in [1.165, 1.54) is 18.2 Å². The van der Waals surface area contributed by atoms with Gasteiger partial charge in [0, 0.05) is 11.5 Å². The molecule has 1 aromatic carbocycles. The van der Waals surface area contributed by atoms with Crippen molar-refractivity contribution in [1.29, 1.82) is 5.26 Å². The zero-order valence-electron chi connectivity index (χ0n) is 11.2. The molecule has 1 aromatic rings. The molecule has 1 fully saturated rings. The van der Waals surface area contributed by atoms with Crippen LogP contribution in [0.3, 0.4) is 0 Å². The van der Waals surface area contributed by atoms with E-state index in [1.54, 1.807) is 6.07 Å². The Morgan fingerprint density at radius 3 is 2.71 bits per heavy atom. The molecule has 1 aliphatic heterocycles. The number of oxime groups is 1. The van der Waals surface area contributed by atoms with Crippen molar-refractivity contribution in [2.45, 2.75) is 38.0 Å². The lowest BCUT2D eigenvalue weighted by Crippen LogP contribution is -2.29. The summed E-state index contributed by atoms with van der Waals surface area (Å²) in [6.07, 6.45) is -1.15. The molecule has 1 heterocycles. The van der Waals surface area contributed by atoms with Gasteiger partial charge >= 0.3 is 6.18 Å². The van der Waals surface area contributed by atoms with Crippen molar-refractivity contribution in [2.24, 2.45) is 11.1 Å². The van der Waals surface area contributed by atoms with E-state index in [9.17, 15) is 13.2 Å². The van der Waals surface area contributed by atoms with Crippen LogP contribution in [0.1, 0.15) is 42.4 Å². The van der Waals surface area contributed by atoms with Crippen LogP contribution in [0.5, 0.6) is 0 Å². The second-order valence-corrected chi connectivity index (χ2v) is 5.35. The van der Waals surface area contributed by atoms with Crippen LogP contribution in [0, 0.1) is 17.2 Å². The zero-order chi connectivity index (χ0) is 15.0. The van der Waals surface area contributed by atoms with Crippen molar-refractivity contribution < 1.29 is 18.0 Å². The standard InChI is InChI=1S/C15H13F3N2O/c16-15(17,18)13-9(8-19)4-3-6-11(13)14-10-5-1-2-7-12(10)21-20-14/h3-4,6,10,12H,1-2,5,7H2/t10-,12+/m1/s1. The molecule has 6 heteroatoms. The molecular weight excluding hydrogens is 281 g/mol. The number of fused-ring (bicyclic) bond motifs is 1. The van der Waals surface area contributed by atoms with Gasteiger partial charge in [-0.15, -0.1) is 0 Å². The van der Waals surface area contributed by atoms with Gasteiger partial charge in [-0.3, -0.25) is 0 Å². The molecule has 0 unspecified atom stereocenters. The minimum Gasteiger partial charge on any atom is -0.392 e. The topological polar surface area (TPSA) is 45.4 Å². The van der Waals surface area contributed by atoms with Crippen LogP contribution in [0.15, 0.2) is 23.4 Å². The summed E-state index contributed by atoms with van der Waals surface area (Å²) in [6, 6.07) is 5.64. The maximum atomic E-state index is 13.3. The van der Waals surface area contributed by atoms with Crippen molar-refractivity contribution in [3.8, 4) is 6.07 Å². The van der Waals surface area contributed by atoms with E-state index in [0.717, 1.165) is 25.7 Å². The molecule has 1 aliphatic carbocycles. The lowest BCUT2D eigenvalue weighted by molar-refractivity contribution is -0.137. The molecule has 0 spiro atoms. The van der Waals surface area contributed by atoms with Crippen molar-refractivity contribution in [2.75, 3.05) is 0 Å². The fraction of sp³-hybridized carbons (Fsp3) is 0.467. The molecule has 2 aliphatic rings. The fourth-order valence-electron chi connectivity index (χ4n) is 3.14. The van der Waals surface area contributed by atoms with Crippen LogP contribution in [0.25, 0.3) is 0 Å². The van der Waals surface area contributed by atoms with Crippen LogP contribution in [-0.4, -0.2) is 11.8 Å². The number of benzene rings is 1. The van der Waals surface area contributed by atoms with Gasteiger partial charge in [0.2, 0.25) is 0 Å². The lowest BCUT2D eigenvalue weighted by atomic mass is 9.80. The smallest absolute Gasteiger partial charge is 0.392 e. The van der Waals surface area contributed by atoms with Crippen molar-refractivity contribution in [1.82, 2.24) is 0 Å². The second kappa shape index (κ2) is 5.06.